The highest BCUT2D eigenvalue weighted by Gasteiger charge is 1.99. The molecular formula is C11H8FNO2. The minimum atomic E-state index is -0.587. The molecule has 0 unspecified atom stereocenters. The zero-order chi connectivity index (χ0) is 11.3. The van der Waals surface area contributed by atoms with Crippen molar-refractivity contribution in [2.45, 2.75) is 6.42 Å². The zero-order valence-electron chi connectivity index (χ0n) is 7.79. The van der Waals surface area contributed by atoms with Crippen molar-refractivity contribution >= 4 is 12.2 Å². The molecule has 3 nitrogen and oxygen atoms in total. The van der Waals surface area contributed by atoms with E-state index in [0.29, 0.717) is 6.29 Å². The summed E-state index contributed by atoms with van der Waals surface area (Å²) < 4.78 is 13.2. The summed E-state index contributed by atoms with van der Waals surface area (Å²) in [5.74, 6) is 3.73. The molecule has 0 aliphatic carbocycles. The van der Waals surface area contributed by atoms with Crippen molar-refractivity contribution in [3.63, 3.8) is 0 Å². The molecule has 0 fully saturated rings. The SMILES string of the molecule is NC(=O)CC#Cc1ccc(C=O)cc1F. The fraction of sp³-hybridized carbons (Fsp3) is 0.0909. The average molecular weight is 205 g/mol. The predicted octanol–water partition coefficient (Wildman–Crippen LogP) is 0.865. The Morgan fingerprint density at radius 1 is 1.53 bits per heavy atom. The molecule has 0 aromatic heterocycles. The Balaban J connectivity index is 2.90. The monoisotopic (exact) mass is 205 g/mol. The Morgan fingerprint density at radius 2 is 2.27 bits per heavy atom. The van der Waals surface area contributed by atoms with Crippen LogP contribution in [0.25, 0.3) is 0 Å². The summed E-state index contributed by atoms with van der Waals surface area (Å²) in [5.41, 5.74) is 5.24. The van der Waals surface area contributed by atoms with Gasteiger partial charge < -0.3 is 5.73 Å². The molecular weight excluding hydrogens is 197 g/mol. The predicted molar refractivity (Wildman–Crippen MR) is 52.5 cm³/mol. The number of hydrogen-bond donors (Lipinski definition) is 1. The van der Waals surface area contributed by atoms with Crippen LogP contribution < -0.4 is 5.73 Å². The maximum absolute atomic E-state index is 13.2. The molecule has 1 aromatic carbocycles. The summed E-state index contributed by atoms with van der Waals surface area (Å²) in [4.78, 5) is 20.7. The van der Waals surface area contributed by atoms with E-state index in [-0.39, 0.29) is 17.5 Å². The normalized spacial score (nSPS) is 8.87. The minimum absolute atomic E-state index is 0.116. The van der Waals surface area contributed by atoms with E-state index >= 15 is 0 Å². The van der Waals surface area contributed by atoms with Crippen LogP contribution in [0.2, 0.25) is 0 Å². The van der Waals surface area contributed by atoms with Gasteiger partial charge >= 0.3 is 0 Å². The third-order valence-electron chi connectivity index (χ3n) is 1.61. The molecule has 1 amide bonds. The van der Waals surface area contributed by atoms with Gasteiger partial charge in [0.25, 0.3) is 0 Å². The Morgan fingerprint density at radius 3 is 2.80 bits per heavy atom. The van der Waals surface area contributed by atoms with E-state index in [4.69, 9.17) is 5.73 Å². The highest BCUT2D eigenvalue weighted by molar-refractivity contribution is 5.77. The molecule has 1 rings (SSSR count). The first-order chi connectivity index (χ1) is 7.13. The van der Waals surface area contributed by atoms with Crippen LogP contribution in [0, 0.1) is 17.7 Å². The first-order valence-corrected chi connectivity index (χ1v) is 4.15. The molecule has 15 heavy (non-hydrogen) atoms. The molecule has 76 valence electrons. The molecule has 1 aromatic rings. The van der Waals surface area contributed by atoms with Gasteiger partial charge in [-0.25, -0.2) is 4.39 Å². The number of benzene rings is 1. The van der Waals surface area contributed by atoms with E-state index in [1.54, 1.807) is 0 Å². The lowest BCUT2D eigenvalue weighted by molar-refractivity contribution is -0.117. The molecule has 4 heteroatoms. The van der Waals surface area contributed by atoms with E-state index in [9.17, 15) is 14.0 Å². The van der Waals surface area contributed by atoms with Crippen molar-refractivity contribution in [1.82, 2.24) is 0 Å². The molecule has 0 spiro atoms. The maximum atomic E-state index is 13.2. The molecule has 2 N–H and O–H groups in total. The Bertz CT molecular complexity index is 457. The first-order valence-electron chi connectivity index (χ1n) is 4.15. The number of aldehydes is 1. The number of carbonyl (C=O) groups is 2. The van der Waals surface area contributed by atoms with Crippen molar-refractivity contribution < 1.29 is 14.0 Å². The third kappa shape index (κ3) is 3.24. The number of halogens is 1. The van der Waals surface area contributed by atoms with Gasteiger partial charge in [0.05, 0.1) is 12.0 Å². The molecule has 0 heterocycles. The van der Waals surface area contributed by atoms with Gasteiger partial charge in [-0.2, -0.15) is 0 Å². The highest BCUT2D eigenvalue weighted by Crippen LogP contribution is 2.07. The largest absolute Gasteiger partial charge is 0.369 e. The van der Waals surface area contributed by atoms with Crippen molar-refractivity contribution in [3.05, 3.63) is 35.1 Å². The van der Waals surface area contributed by atoms with Crippen molar-refractivity contribution in [3.8, 4) is 11.8 Å². The minimum Gasteiger partial charge on any atom is -0.369 e. The molecule has 0 atom stereocenters. The second kappa shape index (κ2) is 4.91. The summed E-state index contributed by atoms with van der Waals surface area (Å²) in [6, 6.07) is 3.92. The first kappa shape index (κ1) is 10.9. The number of amides is 1. The number of carbonyl (C=O) groups excluding carboxylic acids is 2. The summed E-state index contributed by atoms with van der Waals surface area (Å²) in [7, 11) is 0. The van der Waals surface area contributed by atoms with Gasteiger partial charge in [0, 0.05) is 5.56 Å². The van der Waals surface area contributed by atoms with E-state index < -0.39 is 11.7 Å². The summed E-state index contributed by atoms with van der Waals surface area (Å²) >= 11 is 0. The number of primary amides is 1. The standard InChI is InChI=1S/C11H8FNO2/c12-10-6-8(7-14)4-5-9(10)2-1-3-11(13)15/h4-7H,3H2,(H2,13,15). The van der Waals surface area contributed by atoms with E-state index in [1.807, 2.05) is 0 Å². The van der Waals surface area contributed by atoms with Crippen LogP contribution in [-0.4, -0.2) is 12.2 Å². The third-order valence-corrected chi connectivity index (χ3v) is 1.61. The molecule has 0 aliphatic rings. The Labute approximate surface area is 86.1 Å². The lowest BCUT2D eigenvalue weighted by atomic mass is 10.1. The second-order valence-corrected chi connectivity index (χ2v) is 2.80. The molecule has 0 aliphatic heterocycles. The van der Waals surface area contributed by atoms with Crippen LogP contribution in [0.15, 0.2) is 18.2 Å². The van der Waals surface area contributed by atoms with Gasteiger partial charge in [0.15, 0.2) is 0 Å². The number of rotatable bonds is 2. The quantitative estimate of drug-likeness (QED) is 0.575. The lowest BCUT2D eigenvalue weighted by Gasteiger charge is -1.94. The van der Waals surface area contributed by atoms with Gasteiger partial charge in [-0.15, -0.1) is 0 Å². The van der Waals surface area contributed by atoms with E-state index in [1.165, 1.54) is 12.1 Å². The summed E-state index contributed by atoms with van der Waals surface area (Å²) in [6.45, 7) is 0. The topological polar surface area (TPSA) is 60.2 Å². The number of hydrogen-bond acceptors (Lipinski definition) is 2. The second-order valence-electron chi connectivity index (χ2n) is 2.80. The van der Waals surface area contributed by atoms with Gasteiger partial charge in [-0.1, -0.05) is 17.9 Å². The van der Waals surface area contributed by atoms with Gasteiger partial charge in [0.1, 0.15) is 12.1 Å². The smallest absolute Gasteiger partial charge is 0.229 e. The number of nitrogens with two attached hydrogens (primary N) is 1. The van der Waals surface area contributed by atoms with Gasteiger partial charge in [-0.05, 0) is 12.1 Å². The van der Waals surface area contributed by atoms with Crippen molar-refractivity contribution in [2.75, 3.05) is 0 Å². The fourth-order valence-corrected chi connectivity index (χ4v) is 0.933. The van der Waals surface area contributed by atoms with Crippen LogP contribution in [-0.2, 0) is 4.79 Å². The molecule has 0 radical (unpaired) electrons. The van der Waals surface area contributed by atoms with Crippen molar-refractivity contribution in [1.29, 1.82) is 0 Å². The summed E-state index contributed by atoms with van der Waals surface area (Å²) in [5, 5.41) is 0. The lowest BCUT2D eigenvalue weighted by Crippen LogP contribution is -2.08. The molecule has 0 bridgehead atoms. The van der Waals surface area contributed by atoms with E-state index in [0.717, 1.165) is 6.07 Å². The fourth-order valence-electron chi connectivity index (χ4n) is 0.933. The maximum Gasteiger partial charge on any atom is 0.229 e. The Hall–Kier alpha value is -2.15. The highest BCUT2D eigenvalue weighted by atomic mass is 19.1. The summed E-state index contributed by atoms with van der Waals surface area (Å²) in [6.07, 6.45) is 0.429. The van der Waals surface area contributed by atoms with Crippen LogP contribution in [0.4, 0.5) is 4.39 Å². The average Bonchev–Trinajstić information content (AvgIpc) is 2.20. The van der Waals surface area contributed by atoms with Crippen LogP contribution in [0.1, 0.15) is 22.3 Å². The Kier molecular flexibility index (Phi) is 3.58. The van der Waals surface area contributed by atoms with Gasteiger partial charge in [-0.3, -0.25) is 9.59 Å². The van der Waals surface area contributed by atoms with Crippen molar-refractivity contribution in [2.24, 2.45) is 5.73 Å². The molecule has 0 saturated heterocycles. The van der Waals surface area contributed by atoms with Crippen LogP contribution in [0.5, 0.6) is 0 Å². The van der Waals surface area contributed by atoms with Gasteiger partial charge in [0.2, 0.25) is 5.91 Å². The van der Waals surface area contributed by atoms with Crippen LogP contribution in [0.3, 0.4) is 0 Å². The van der Waals surface area contributed by atoms with E-state index in [2.05, 4.69) is 11.8 Å². The molecule has 0 saturated carbocycles. The zero-order valence-corrected chi connectivity index (χ0v) is 7.79. The van der Waals surface area contributed by atoms with Crippen LogP contribution >= 0.6 is 0 Å².